The number of aromatic nitrogens is 1. The lowest BCUT2D eigenvalue weighted by Gasteiger charge is -2.26. The Bertz CT molecular complexity index is 416. The van der Waals surface area contributed by atoms with Gasteiger partial charge in [-0.15, -0.1) is 0 Å². The van der Waals surface area contributed by atoms with Gasteiger partial charge in [0.2, 0.25) is 0 Å². The van der Waals surface area contributed by atoms with E-state index < -0.39 is 0 Å². The van der Waals surface area contributed by atoms with Gasteiger partial charge in [0.05, 0.1) is 0 Å². The molecule has 0 unspecified atom stereocenters. The fraction of sp³-hybridized carbons (Fsp3) is 0.538. The highest BCUT2D eigenvalue weighted by Crippen LogP contribution is 2.30. The number of rotatable bonds is 4. The van der Waals surface area contributed by atoms with Gasteiger partial charge >= 0.3 is 0 Å². The lowest BCUT2D eigenvalue weighted by Crippen LogP contribution is -2.38. The number of nitrogens with zero attached hydrogens (tertiary/aromatic N) is 2. The second kappa shape index (κ2) is 5.05. The van der Waals surface area contributed by atoms with Gasteiger partial charge in [-0.3, -0.25) is 4.79 Å². The topological polar surface area (TPSA) is 33.2 Å². The van der Waals surface area contributed by atoms with Crippen LogP contribution in [-0.2, 0) is 0 Å². The Morgan fingerprint density at radius 1 is 1.59 bits per heavy atom. The zero-order valence-electron chi connectivity index (χ0n) is 10.2. The zero-order valence-corrected chi connectivity index (χ0v) is 10.9. The molecule has 1 heterocycles. The molecular formula is C13H17ClN2O. The number of carbonyl (C=O) groups is 1. The molecule has 0 N–H and O–H groups in total. The molecule has 0 spiro atoms. The van der Waals surface area contributed by atoms with E-state index in [-0.39, 0.29) is 11.9 Å². The summed E-state index contributed by atoms with van der Waals surface area (Å²) in [6.45, 7) is 4.95. The van der Waals surface area contributed by atoms with Crippen LogP contribution in [0, 0.1) is 5.92 Å². The highest BCUT2D eigenvalue weighted by Gasteiger charge is 2.28. The van der Waals surface area contributed by atoms with E-state index in [0.29, 0.717) is 16.6 Å². The molecule has 1 aliphatic carbocycles. The van der Waals surface area contributed by atoms with Gasteiger partial charge in [0.15, 0.2) is 0 Å². The van der Waals surface area contributed by atoms with E-state index in [4.69, 9.17) is 11.6 Å². The third-order valence-electron chi connectivity index (χ3n) is 3.01. The number of hydrogen-bond donors (Lipinski definition) is 0. The molecule has 1 aliphatic rings. The van der Waals surface area contributed by atoms with E-state index in [0.717, 1.165) is 6.54 Å². The van der Waals surface area contributed by atoms with Crippen molar-refractivity contribution in [1.29, 1.82) is 0 Å². The van der Waals surface area contributed by atoms with E-state index in [2.05, 4.69) is 4.98 Å². The van der Waals surface area contributed by atoms with E-state index in [9.17, 15) is 4.79 Å². The molecular weight excluding hydrogens is 236 g/mol. The Morgan fingerprint density at radius 3 is 2.82 bits per heavy atom. The van der Waals surface area contributed by atoms with Crippen LogP contribution in [0.4, 0.5) is 0 Å². The van der Waals surface area contributed by atoms with Crippen molar-refractivity contribution in [2.24, 2.45) is 5.92 Å². The third-order valence-corrected chi connectivity index (χ3v) is 3.22. The predicted molar refractivity (Wildman–Crippen MR) is 68.1 cm³/mol. The first kappa shape index (κ1) is 12.4. The molecule has 1 aromatic heterocycles. The van der Waals surface area contributed by atoms with Crippen LogP contribution < -0.4 is 0 Å². The maximum atomic E-state index is 12.3. The van der Waals surface area contributed by atoms with Crippen LogP contribution >= 0.6 is 11.6 Å². The molecule has 2 rings (SSSR count). The summed E-state index contributed by atoms with van der Waals surface area (Å²) in [5.74, 6) is 0.745. The van der Waals surface area contributed by atoms with Crippen LogP contribution in [0.25, 0.3) is 0 Å². The summed E-state index contributed by atoms with van der Waals surface area (Å²) in [6.07, 6.45) is 4.06. The smallest absolute Gasteiger partial charge is 0.254 e. The Hall–Kier alpha value is -1.09. The summed E-state index contributed by atoms with van der Waals surface area (Å²) in [5, 5.41) is 0.367. The van der Waals surface area contributed by atoms with E-state index in [1.165, 1.54) is 12.8 Å². The molecule has 3 nitrogen and oxygen atoms in total. The van der Waals surface area contributed by atoms with Crippen LogP contribution in [0.1, 0.15) is 37.0 Å². The molecule has 0 aromatic carbocycles. The van der Waals surface area contributed by atoms with Crippen molar-refractivity contribution in [3.8, 4) is 0 Å². The SMILES string of the molecule is CC(C)N(CC1CC1)C(=O)c1ccnc(Cl)c1. The highest BCUT2D eigenvalue weighted by atomic mass is 35.5. The number of hydrogen-bond acceptors (Lipinski definition) is 2. The van der Waals surface area contributed by atoms with Crippen molar-refractivity contribution in [2.75, 3.05) is 6.54 Å². The monoisotopic (exact) mass is 252 g/mol. The first-order chi connectivity index (χ1) is 8.08. The van der Waals surface area contributed by atoms with Gasteiger partial charge in [-0.1, -0.05) is 11.6 Å². The number of halogens is 1. The molecule has 1 amide bonds. The predicted octanol–water partition coefficient (Wildman–Crippen LogP) is 3.00. The Kier molecular flexibility index (Phi) is 3.67. The summed E-state index contributed by atoms with van der Waals surface area (Å²) < 4.78 is 0. The van der Waals surface area contributed by atoms with Gasteiger partial charge in [0.1, 0.15) is 5.15 Å². The third kappa shape index (κ3) is 3.19. The minimum atomic E-state index is 0.0520. The summed E-state index contributed by atoms with van der Waals surface area (Å²) in [6, 6.07) is 3.57. The molecule has 17 heavy (non-hydrogen) atoms. The summed E-state index contributed by atoms with van der Waals surface area (Å²) in [5.41, 5.74) is 0.624. The normalized spacial score (nSPS) is 15.1. The van der Waals surface area contributed by atoms with Gasteiger partial charge in [-0.05, 0) is 44.7 Å². The van der Waals surface area contributed by atoms with Crippen molar-refractivity contribution in [1.82, 2.24) is 9.88 Å². The van der Waals surface area contributed by atoms with E-state index in [1.54, 1.807) is 18.3 Å². The Morgan fingerprint density at radius 2 is 2.29 bits per heavy atom. The quantitative estimate of drug-likeness (QED) is 0.772. The Labute approximate surface area is 107 Å². The van der Waals surface area contributed by atoms with Crippen molar-refractivity contribution in [3.05, 3.63) is 29.0 Å². The molecule has 0 radical (unpaired) electrons. The van der Waals surface area contributed by atoms with Gasteiger partial charge < -0.3 is 4.90 Å². The lowest BCUT2D eigenvalue weighted by molar-refractivity contribution is 0.0696. The maximum absolute atomic E-state index is 12.3. The molecule has 0 aliphatic heterocycles. The minimum absolute atomic E-state index is 0.0520. The average Bonchev–Trinajstić information content (AvgIpc) is 3.08. The minimum Gasteiger partial charge on any atom is -0.336 e. The molecule has 4 heteroatoms. The van der Waals surface area contributed by atoms with Crippen LogP contribution in [0.15, 0.2) is 18.3 Å². The standard InChI is InChI=1S/C13H17ClN2O/c1-9(2)16(8-10-3-4-10)13(17)11-5-6-15-12(14)7-11/h5-7,9-10H,3-4,8H2,1-2H3. The Balaban J connectivity index is 2.14. The maximum Gasteiger partial charge on any atom is 0.254 e. The molecule has 92 valence electrons. The largest absolute Gasteiger partial charge is 0.336 e. The van der Waals surface area contributed by atoms with Crippen molar-refractivity contribution >= 4 is 17.5 Å². The second-order valence-electron chi connectivity index (χ2n) is 4.86. The van der Waals surface area contributed by atoms with Crippen LogP contribution in [0.2, 0.25) is 5.15 Å². The lowest BCUT2D eigenvalue weighted by atomic mass is 10.2. The average molecular weight is 253 g/mol. The molecule has 1 fully saturated rings. The van der Waals surface area contributed by atoms with E-state index >= 15 is 0 Å². The van der Waals surface area contributed by atoms with Crippen LogP contribution in [0.5, 0.6) is 0 Å². The highest BCUT2D eigenvalue weighted by molar-refractivity contribution is 6.29. The number of amides is 1. The van der Waals surface area contributed by atoms with Gasteiger partial charge in [-0.2, -0.15) is 0 Å². The molecule has 1 saturated carbocycles. The van der Waals surface area contributed by atoms with Crippen molar-refractivity contribution in [3.63, 3.8) is 0 Å². The number of pyridine rings is 1. The van der Waals surface area contributed by atoms with Crippen molar-refractivity contribution in [2.45, 2.75) is 32.7 Å². The summed E-state index contributed by atoms with van der Waals surface area (Å²) in [7, 11) is 0. The van der Waals surface area contributed by atoms with Gasteiger partial charge in [0.25, 0.3) is 5.91 Å². The first-order valence-electron chi connectivity index (χ1n) is 6.00. The zero-order chi connectivity index (χ0) is 12.4. The molecule has 0 saturated heterocycles. The molecule has 1 aromatic rings. The summed E-state index contributed by atoms with van der Waals surface area (Å²) in [4.78, 5) is 18.2. The first-order valence-corrected chi connectivity index (χ1v) is 6.38. The fourth-order valence-electron chi connectivity index (χ4n) is 1.81. The van der Waals surface area contributed by atoms with Gasteiger partial charge in [0, 0.05) is 24.3 Å². The van der Waals surface area contributed by atoms with E-state index in [1.807, 2.05) is 18.7 Å². The molecule has 0 bridgehead atoms. The second-order valence-corrected chi connectivity index (χ2v) is 5.25. The van der Waals surface area contributed by atoms with Crippen molar-refractivity contribution < 1.29 is 4.79 Å². The molecule has 0 atom stereocenters. The van der Waals surface area contributed by atoms with Gasteiger partial charge in [-0.25, -0.2) is 4.98 Å². The fourth-order valence-corrected chi connectivity index (χ4v) is 1.98. The van der Waals surface area contributed by atoms with Crippen LogP contribution in [-0.4, -0.2) is 28.4 Å². The van der Waals surface area contributed by atoms with Crippen LogP contribution in [0.3, 0.4) is 0 Å². The number of carbonyl (C=O) groups excluding carboxylic acids is 1. The summed E-state index contributed by atoms with van der Waals surface area (Å²) >= 11 is 5.81.